The molecule has 0 atom stereocenters. The Morgan fingerprint density at radius 3 is 2.80 bits per heavy atom. The molecule has 1 N–H and O–H groups in total. The first-order valence-corrected chi connectivity index (χ1v) is 6.10. The number of anilines is 1. The summed E-state index contributed by atoms with van der Waals surface area (Å²) in [5, 5.41) is 12.1. The second-order valence-corrected chi connectivity index (χ2v) is 5.50. The molecule has 3 rings (SSSR count). The molecule has 1 aromatic rings. The number of nitrogens with zero attached hydrogens (tertiary/aromatic N) is 1. The molecule has 1 aliphatic heterocycles. The number of thiophene rings is 1. The molecule has 0 radical (unpaired) electrons. The summed E-state index contributed by atoms with van der Waals surface area (Å²) in [5.41, 5.74) is 0.635. The predicted octanol–water partition coefficient (Wildman–Crippen LogP) is 1.52. The maximum Gasteiger partial charge on any atom is 0.160 e. The van der Waals surface area contributed by atoms with E-state index in [0.29, 0.717) is 5.92 Å². The van der Waals surface area contributed by atoms with Crippen molar-refractivity contribution in [3.63, 3.8) is 0 Å². The molecule has 3 nitrogen and oxygen atoms in total. The first-order chi connectivity index (χ1) is 7.21. The van der Waals surface area contributed by atoms with E-state index in [-0.39, 0.29) is 0 Å². The highest BCUT2D eigenvalue weighted by atomic mass is 32.1. The van der Waals surface area contributed by atoms with Gasteiger partial charge >= 0.3 is 0 Å². The van der Waals surface area contributed by atoms with Crippen molar-refractivity contribution in [1.82, 2.24) is 0 Å². The lowest BCUT2D eigenvalue weighted by Crippen LogP contribution is -2.63. The number of β-amino-alcohol motifs (C(OH)–C–C–N with tert-alkyl or cyclic N) is 1. The zero-order chi connectivity index (χ0) is 10.5. The average Bonchev–Trinajstić information content (AvgIpc) is 2.93. The fourth-order valence-electron chi connectivity index (χ4n) is 2.25. The van der Waals surface area contributed by atoms with Crippen LogP contribution in [0.4, 0.5) is 5.69 Å². The van der Waals surface area contributed by atoms with Gasteiger partial charge in [-0.25, -0.2) is 0 Å². The molecule has 0 spiro atoms. The van der Waals surface area contributed by atoms with Crippen LogP contribution < -0.4 is 4.90 Å². The molecule has 0 amide bonds. The van der Waals surface area contributed by atoms with E-state index in [0.717, 1.165) is 29.9 Å². The minimum absolute atomic E-state index is 0.441. The van der Waals surface area contributed by atoms with Gasteiger partial charge < -0.3 is 10.0 Å². The zero-order valence-electron chi connectivity index (χ0n) is 8.35. The Kier molecular flexibility index (Phi) is 1.91. The predicted molar refractivity (Wildman–Crippen MR) is 59.6 cm³/mol. The van der Waals surface area contributed by atoms with Gasteiger partial charge in [0.05, 0.1) is 4.88 Å². The minimum Gasteiger partial charge on any atom is -0.386 e. The van der Waals surface area contributed by atoms with Crippen LogP contribution in [0, 0.1) is 5.92 Å². The maximum atomic E-state index is 10.5. The molecule has 0 aromatic carbocycles. The Balaban J connectivity index is 1.68. The van der Waals surface area contributed by atoms with E-state index in [1.54, 1.807) is 0 Å². The van der Waals surface area contributed by atoms with Crippen molar-refractivity contribution in [2.45, 2.75) is 18.4 Å². The monoisotopic (exact) mass is 223 g/mol. The number of carbonyl (C=O) groups excluding carboxylic acids is 1. The summed E-state index contributed by atoms with van der Waals surface area (Å²) in [6, 6.07) is 1.89. The normalized spacial score (nSPS) is 23.7. The van der Waals surface area contributed by atoms with E-state index in [9.17, 15) is 9.90 Å². The summed E-state index contributed by atoms with van der Waals surface area (Å²) >= 11 is 1.46. The number of aldehydes is 1. The highest BCUT2D eigenvalue weighted by Gasteiger charge is 2.52. The quantitative estimate of drug-likeness (QED) is 0.790. The fourth-order valence-corrected chi connectivity index (χ4v) is 2.96. The molecule has 1 aliphatic carbocycles. The van der Waals surface area contributed by atoms with E-state index in [2.05, 4.69) is 4.90 Å². The maximum absolute atomic E-state index is 10.5. The van der Waals surface area contributed by atoms with Crippen molar-refractivity contribution in [1.29, 1.82) is 0 Å². The highest BCUT2D eigenvalue weighted by Crippen LogP contribution is 2.46. The SMILES string of the molecule is O=Cc1cc(N2CC(O)(C3CC3)C2)cs1. The molecule has 1 saturated carbocycles. The molecule has 2 heterocycles. The standard InChI is InChI=1S/C11H13NO2S/c13-4-10-3-9(5-15-10)12-6-11(14,7-12)8-1-2-8/h3-5,8,14H,1-2,6-7H2. The Bertz CT molecular complexity index is 391. The van der Waals surface area contributed by atoms with Gasteiger partial charge in [0, 0.05) is 24.2 Å². The molecule has 0 unspecified atom stereocenters. The number of hydrogen-bond donors (Lipinski definition) is 1. The van der Waals surface area contributed by atoms with Crippen LogP contribution in [0.15, 0.2) is 11.4 Å². The van der Waals surface area contributed by atoms with Crippen LogP contribution in [-0.2, 0) is 0 Å². The van der Waals surface area contributed by atoms with E-state index in [1.165, 1.54) is 24.2 Å². The molecule has 4 heteroatoms. The first kappa shape index (κ1) is 9.36. The Morgan fingerprint density at radius 2 is 2.27 bits per heavy atom. The fraction of sp³-hybridized carbons (Fsp3) is 0.545. The summed E-state index contributed by atoms with van der Waals surface area (Å²) in [6.07, 6.45) is 3.22. The van der Waals surface area contributed by atoms with Gasteiger partial charge in [0.15, 0.2) is 6.29 Å². The lowest BCUT2D eigenvalue weighted by atomic mass is 9.88. The third-order valence-electron chi connectivity index (χ3n) is 3.35. The van der Waals surface area contributed by atoms with Crippen LogP contribution in [0.25, 0.3) is 0 Å². The van der Waals surface area contributed by atoms with Gasteiger partial charge in [0.25, 0.3) is 0 Å². The summed E-state index contributed by atoms with van der Waals surface area (Å²) in [5.74, 6) is 0.526. The van der Waals surface area contributed by atoms with Gasteiger partial charge in [0.2, 0.25) is 0 Å². The zero-order valence-corrected chi connectivity index (χ0v) is 9.17. The average molecular weight is 223 g/mol. The number of rotatable bonds is 3. The number of aliphatic hydroxyl groups is 1. The van der Waals surface area contributed by atoms with E-state index in [4.69, 9.17) is 0 Å². The van der Waals surface area contributed by atoms with Crippen molar-refractivity contribution in [2.24, 2.45) is 5.92 Å². The Morgan fingerprint density at radius 1 is 1.53 bits per heavy atom. The molecule has 80 valence electrons. The third-order valence-corrected chi connectivity index (χ3v) is 4.20. The topological polar surface area (TPSA) is 40.5 Å². The second-order valence-electron chi connectivity index (χ2n) is 4.56. The lowest BCUT2D eigenvalue weighted by molar-refractivity contribution is -0.00925. The van der Waals surface area contributed by atoms with Crippen molar-refractivity contribution in [3.8, 4) is 0 Å². The summed E-state index contributed by atoms with van der Waals surface area (Å²) in [4.78, 5) is 13.4. The molecule has 2 aliphatic rings. The van der Waals surface area contributed by atoms with Crippen LogP contribution in [0.2, 0.25) is 0 Å². The van der Waals surface area contributed by atoms with Gasteiger partial charge in [-0.05, 0) is 24.8 Å². The van der Waals surface area contributed by atoms with Crippen molar-refractivity contribution in [2.75, 3.05) is 18.0 Å². The molecule has 1 saturated heterocycles. The number of hydrogen-bond acceptors (Lipinski definition) is 4. The largest absolute Gasteiger partial charge is 0.386 e. The summed E-state index contributed by atoms with van der Waals surface area (Å²) in [6.45, 7) is 1.46. The van der Waals surface area contributed by atoms with Crippen molar-refractivity contribution >= 4 is 23.3 Å². The highest BCUT2D eigenvalue weighted by molar-refractivity contribution is 7.12. The third kappa shape index (κ3) is 1.48. The van der Waals surface area contributed by atoms with E-state index < -0.39 is 5.60 Å². The van der Waals surface area contributed by atoms with Gasteiger partial charge in [-0.3, -0.25) is 4.79 Å². The van der Waals surface area contributed by atoms with Gasteiger partial charge in [-0.15, -0.1) is 11.3 Å². The van der Waals surface area contributed by atoms with Gasteiger partial charge in [-0.1, -0.05) is 0 Å². The van der Waals surface area contributed by atoms with Crippen LogP contribution in [0.1, 0.15) is 22.5 Å². The van der Waals surface area contributed by atoms with Gasteiger partial charge in [0.1, 0.15) is 5.60 Å². The first-order valence-electron chi connectivity index (χ1n) is 5.22. The van der Waals surface area contributed by atoms with Crippen LogP contribution in [0.3, 0.4) is 0 Å². The van der Waals surface area contributed by atoms with Crippen molar-refractivity contribution < 1.29 is 9.90 Å². The molecule has 2 fully saturated rings. The van der Waals surface area contributed by atoms with Crippen LogP contribution >= 0.6 is 11.3 Å². The molecular weight excluding hydrogens is 210 g/mol. The van der Waals surface area contributed by atoms with Gasteiger partial charge in [-0.2, -0.15) is 0 Å². The van der Waals surface area contributed by atoms with Crippen LogP contribution in [0.5, 0.6) is 0 Å². The van der Waals surface area contributed by atoms with Crippen LogP contribution in [-0.4, -0.2) is 30.1 Å². The second kappa shape index (κ2) is 3.06. The lowest BCUT2D eigenvalue weighted by Gasteiger charge is -2.48. The molecule has 15 heavy (non-hydrogen) atoms. The summed E-state index contributed by atoms with van der Waals surface area (Å²) < 4.78 is 0. The minimum atomic E-state index is -0.441. The van der Waals surface area contributed by atoms with E-state index in [1.807, 2.05) is 11.4 Å². The van der Waals surface area contributed by atoms with Crippen molar-refractivity contribution in [3.05, 3.63) is 16.3 Å². The Hall–Kier alpha value is -0.870. The number of carbonyl (C=O) groups is 1. The summed E-state index contributed by atoms with van der Waals surface area (Å²) in [7, 11) is 0. The molecule has 1 aromatic heterocycles. The molecular formula is C11H13NO2S. The molecule has 0 bridgehead atoms. The van der Waals surface area contributed by atoms with E-state index >= 15 is 0 Å². The smallest absolute Gasteiger partial charge is 0.160 e. The Labute approximate surface area is 92.3 Å².